The summed E-state index contributed by atoms with van der Waals surface area (Å²) in [5.74, 6) is 0.688. The van der Waals surface area contributed by atoms with E-state index in [2.05, 4.69) is 11.9 Å². The minimum Gasteiger partial charge on any atom is -0.478 e. The topological polar surface area (TPSA) is 35.3 Å². The average molecular weight is 231 g/mol. The monoisotopic (exact) mass is 231 g/mol. The Kier molecular flexibility index (Phi) is 4.19. The number of aromatic nitrogens is 1. The van der Waals surface area contributed by atoms with E-state index >= 15 is 0 Å². The Morgan fingerprint density at radius 3 is 2.76 bits per heavy atom. The van der Waals surface area contributed by atoms with Gasteiger partial charge in [0.05, 0.1) is 19.1 Å². The van der Waals surface area contributed by atoms with Crippen LogP contribution in [0.25, 0.3) is 11.1 Å². The van der Waals surface area contributed by atoms with Gasteiger partial charge in [-0.1, -0.05) is 19.8 Å². The van der Waals surface area contributed by atoms with Crippen LogP contribution in [0.2, 0.25) is 0 Å². The molecule has 0 aliphatic carbocycles. The molecular formula is C14H17NO2. The lowest BCUT2D eigenvalue weighted by atomic mass is 10.2. The van der Waals surface area contributed by atoms with Crippen molar-refractivity contribution in [2.75, 3.05) is 6.61 Å². The van der Waals surface area contributed by atoms with Crippen LogP contribution >= 0.6 is 0 Å². The van der Waals surface area contributed by atoms with Crippen LogP contribution in [0.4, 0.5) is 0 Å². The first-order valence-electron chi connectivity index (χ1n) is 6.01. The molecule has 0 bridgehead atoms. The second-order valence-electron chi connectivity index (χ2n) is 3.95. The maximum Gasteiger partial charge on any atom is 0.213 e. The van der Waals surface area contributed by atoms with Crippen molar-refractivity contribution >= 4 is 0 Å². The Labute approximate surface area is 101 Å². The summed E-state index contributed by atoms with van der Waals surface area (Å²) in [7, 11) is 0. The fourth-order valence-corrected chi connectivity index (χ4v) is 1.59. The van der Waals surface area contributed by atoms with Gasteiger partial charge < -0.3 is 9.15 Å². The second kappa shape index (κ2) is 6.09. The van der Waals surface area contributed by atoms with Crippen LogP contribution < -0.4 is 4.74 Å². The molecule has 0 atom stereocenters. The zero-order valence-corrected chi connectivity index (χ0v) is 10.1. The van der Waals surface area contributed by atoms with E-state index in [1.807, 2.05) is 18.2 Å². The summed E-state index contributed by atoms with van der Waals surface area (Å²) in [6, 6.07) is 5.81. The highest BCUT2D eigenvalue weighted by atomic mass is 16.5. The lowest BCUT2D eigenvalue weighted by molar-refractivity contribution is 0.295. The number of ether oxygens (including phenoxy) is 1. The minimum absolute atomic E-state index is 0.688. The molecular weight excluding hydrogens is 214 g/mol. The van der Waals surface area contributed by atoms with Gasteiger partial charge in [-0.2, -0.15) is 0 Å². The predicted octanol–water partition coefficient (Wildman–Crippen LogP) is 3.91. The molecule has 0 aliphatic heterocycles. The minimum atomic E-state index is 0.688. The molecule has 0 spiro atoms. The second-order valence-corrected chi connectivity index (χ2v) is 3.95. The van der Waals surface area contributed by atoms with Crippen LogP contribution in [0.15, 0.2) is 41.3 Å². The first-order chi connectivity index (χ1) is 8.40. The van der Waals surface area contributed by atoms with Crippen molar-refractivity contribution in [2.24, 2.45) is 0 Å². The van der Waals surface area contributed by atoms with E-state index in [-0.39, 0.29) is 0 Å². The molecule has 0 saturated carbocycles. The third-order valence-corrected chi connectivity index (χ3v) is 2.59. The predicted molar refractivity (Wildman–Crippen MR) is 67.0 cm³/mol. The molecule has 2 aromatic rings. The van der Waals surface area contributed by atoms with Crippen LogP contribution in [0.5, 0.6) is 5.88 Å². The maximum absolute atomic E-state index is 5.55. The van der Waals surface area contributed by atoms with Crippen LogP contribution in [-0.4, -0.2) is 11.6 Å². The first-order valence-corrected chi connectivity index (χ1v) is 6.01. The molecule has 0 N–H and O–H groups in total. The van der Waals surface area contributed by atoms with E-state index in [1.165, 1.54) is 12.8 Å². The van der Waals surface area contributed by atoms with Gasteiger partial charge in [0.15, 0.2) is 0 Å². The fraction of sp³-hybridized carbons (Fsp3) is 0.357. The largest absolute Gasteiger partial charge is 0.478 e. The van der Waals surface area contributed by atoms with Gasteiger partial charge in [0.1, 0.15) is 0 Å². The summed E-state index contributed by atoms with van der Waals surface area (Å²) in [5.41, 5.74) is 2.08. The number of rotatable bonds is 6. The van der Waals surface area contributed by atoms with Gasteiger partial charge in [-0.05, 0) is 18.6 Å². The molecule has 0 radical (unpaired) electrons. The standard InChI is InChI=1S/C14H17NO2/c1-2-3-4-8-17-14-6-5-12(10-15-14)13-7-9-16-11-13/h5-7,9-11H,2-4,8H2,1H3. The molecule has 0 aromatic carbocycles. The smallest absolute Gasteiger partial charge is 0.213 e. The van der Waals surface area contributed by atoms with E-state index in [0.717, 1.165) is 24.2 Å². The highest BCUT2D eigenvalue weighted by molar-refractivity contribution is 5.60. The molecule has 2 rings (SSSR count). The average Bonchev–Trinajstić information content (AvgIpc) is 2.89. The third-order valence-electron chi connectivity index (χ3n) is 2.59. The van der Waals surface area contributed by atoms with Crippen molar-refractivity contribution in [1.82, 2.24) is 4.98 Å². The SMILES string of the molecule is CCCCCOc1ccc(-c2ccoc2)cn1. The number of nitrogens with zero attached hydrogens (tertiary/aromatic N) is 1. The van der Waals surface area contributed by atoms with Gasteiger partial charge in [-0.25, -0.2) is 4.98 Å². The van der Waals surface area contributed by atoms with Crippen molar-refractivity contribution in [3.63, 3.8) is 0 Å². The Balaban J connectivity index is 1.90. The van der Waals surface area contributed by atoms with Gasteiger partial charge >= 0.3 is 0 Å². The summed E-state index contributed by atoms with van der Waals surface area (Å²) in [6.45, 7) is 2.92. The van der Waals surface area contributed by atoms with Crippen molar-refractivity contribution in [3.05, 3.63) is 36.9 Å². The van der Waals surface area contributed by atoms with Gasteiger partial charge in [0, 0.05) is 23.4 Å². The quantitative estimate of drug-likeness (QED) is 0.707. The van der Waals surface area contributed by atoms with Gasteiger partial charge in [0.2, 0.25) is 5.88 Å². The van der Waals surface area contributed by atoms with Crippen LogP contribution in [0, 0.1) is 0 Å². The van der Waals surface area contributed by atoms with Crippen LogP contribution in [0.3, 0.4) is 0 Å². The summed E-state index contributed by atoms with van der Waals surface area (Å²) >= 11 is 0. The summed E-state index contributed by atoms with van der Waals surface area (Å²) < 4.78 is 10.6. The van der Waals surface area contributed by atoms with Gasteiger partial charge in [0.25, 0.3) is 0 Å². The van der Waals surface area contributed by atoms with E-state index in [9.17, 15) is 0 Å². The lowest BCUT2D eigenvalue weighted by Crippen LogP contribution is -1.98. The highest BCUT2D eigenvalue weighted by Crippen LogP contribution is 2.20. The van der Waals surface area contributed by atoms with Crippen LogP contribution in [-0.2, 0) is 0 Å². The molecule has 2 aromatic heterocycles. The summed E-state index contributed by atoms with van der Waals surface area (Å²) in [6.07, 6.45) is 8.66. The summed E-state index contributed by atoms with van der Waals surface area (Å²) in [4.78, 5) is 4.27. The van der Waals surface area contributed by atoms with E-state index in [4.69, 9.17) is 9.15 Å². The van der Waals surface area contributed by atoms with Crippen molar-refractivity contribution in [2.45, 2.75) is 26.2 Å². The number of furan rings is 1. The molecule has 3 heteroatoms. The molecule has 2 heterocycles. The van der Waals surface area contributed by atoms with E-state index in [0.29, 0.717) is 5.88 Å². The van der Waals surface area contributed by atoms with Gasteiger partial charge in [-0.15, -0.1) is 0 Å². The first kappa shape index (κ1) is 11.7. The Morgan fingerprint density at radius 1 is 1.18 bits per heavy atom. The lowest BCUT2D eigenvalue weighted by Gasteiger charge is -2.04. The molecule has 3 nitrogen and oxygen atoms in total. The molecule has 90 valence electrons. The number of unbranched alkanes of at least 4 members (excludes halogenated alkanes) is 2. The highest BCUT2D eigenvalue weighted by Gasteiger charge is 2.00. The van der Waals surface area contributed by atoms with E-state index in [1.54, 1.807) is 18.7 Å². The molecule has 0 saturated heterocycles. The van der Waals surface area contributed by atoms with Crippen molar-refractivity contribution in [3.8, 4) is 17.0 Å². The third kappa shape index (κ3) is 3.34. The van der Waals surface area contributed by atoms with Crippen molar-refractivity contribution in [1.29, 1.82) is 0 Å². The molecule has 0 fully saturated rings. The van der Waals surface area contributed by atoms with Crippen molar-refractivity contribution < 1.29 is 9.15 Å². The Hall–Kier alpha value is -1.77. The van der Waals surface area contributed by atoms with Gasteiger partial charge in [-0.3, -0.25) is 0 Å². The maximum atomic E-state index is 5.55. The Morgan fingerprint density at radius 2 is 2.12 bits per heavy atom. The van der Waals surface area contributed by atoms with Crippen LogP contribution in [0.1, 0.15) is 26.2 Å². The molecule has 0 unspecified atom stereocenters. The Bertz CT molecular complexity index is 420. The normalized spacial score (nSPS) is 10.4. The molecule has 17 heavy (non-hydrogen) atoms. The number of hydrogen-bond acceptors (Lipinski definition) is 3. The number of hydrogen-bond donors (Lipinski definition) is 0. The fourth-order valence-electron chi connectivity index (χ4n) is 1.59. The molecule has 0 amide bonds. The summed E-state index contributed by atoms with van der Waals surface area (Å²) in [5, 5.41) is 0. The zero-order chi connectivity index (χ0) is 11.9. The molecule has 0 aliphatic rings. The number of pyridine rings is 1. The zero-order valence-electron chi connectivity index (χ0n) is 10.1. The van der Waals surface area contributed by atoms with E-state index < -0.39 is 0 Å².